The van der Waals surface area contributed by atoms with Gasteiger partial charge < -0.3 is 5.32 Å². The van der Waals surface area contributed by atoms with Crippen molar-refractivity contribution in [3.8, 4) is 6.07 Å². The maximum atomic E-state index is 9.36. The molecule has 2 heterocycles. The van der Waals surface area contributed by atoms with Gasteiger partial charge in [-0.05, 0) is 55.9 Å². The van der Waals surface area contributed by atoms with Gasteiger partial charge in [-0.2, -0.15) is 5.26 Å². The maximum absolute atomic E-state index is 9.36. The van der Waals surface area contributed by atoms with Crippen LogP contribution in [-0.4, -0.2) is 9.97 Å². The molecule has 0 amide bonds. The summed E-state index contributed by atoms with van der Waals surface area (Å²) in [6, 6.07) is 8.27. The molecule has 0 saturated heterocycles. The van der Waals surface area contributed by atoms with Gasteiger partial charge in [-0.1, -0.05) is 6.07 Å². The molecule has 106 valence electrons. The number of fused-ring (bicyclic) bond motifs is 1. The third kappa shape index (κ3) is 2.87. The van der Waals surface area contributed by atoms with E-state index in [0.29, 0.717) is 11.4 Å². The number of anilines is 1. The normalized spacial score (nSPS) is 14.9. The predicted molar refractivity (Wildman–Crippen MR) is 81.9 cm³/mol. The van der Waals surface area contributed by atoms with Crippen molar-refractivity contribution in [3.05, 3.63) is 53.0 Å². The van der Waals surface area contributed by atoms with Crippen molar-refractivity contribution in [2.45, 2.75) is 38.6 Å². The Kier molecular flexibility index (Phi) is 3.83. The molecule has 1 aliphatic rings. The molecule has 0 bridgehead atoms. The van der Waals surface area contributed by atoms with Crippen LogP contribution in [0.3, 0.4) is 0 Å². The van der Waals surface area contributed by atoms with E-state index in [4.69, 9.17) is 4.98 Å². The van der Waals surface area contributed by atoms with Crippen LogP contribution in [0.25, 0.3) is 0 Å². The van der Waals surface area contributed by atoms with Gasteiger partial charge in [0.15, 0.2) is 0 Å². The van der Waals surface area contributed by atoms with E-state index in [1.807, 2.05) is 24.4 Å². The Morgan fingerprint density at radius 1 is 1.33 bits per heavy atom. The van der Waals surface area contributed by atoms with E-state index >= 15 is 0 Å². The summed E-state index contributed by atoms with van der Waals surface area (Å²) in [5, 5.41) is 12.7. The highest BCUT2D eigenvalue weighted by Crippen LogP contribution is 2.26. The zero-order valence-corrected chi connectivity index (χ0v) is 12.1. The Balaban J connectivity index is 1.89. The van der Waals surface area contributed by atoms with Gasteiger partial charge in [-0.15, -0.1) is 0 Å². The fourth-order valence-corrected chi connectivity index (χ4v) is 2.75. The molecule has 4 heteroatoms. The van der Waals surface area contributed by atoms with Crippen LogP contribution in [0.2, 0.25) is 0 Å². The zero-order chi connectivity index (χ0) is 14.7. The van der Waals surface area contributed by atoms with Gasteiger partial charge in [-0.3, -0.25) is 4.98 Å². The lowest BCUT2D eigenvalue weighted by Crippen LogP contribution is -2.13. The smallest absolute Gasteiger partial charge is 0.144 e. The summed E-state index contributed by atoms with van der Waals surface area (Å²) < 4.78 is 0. The summed E-state index contributed by atoms with van der Waals surface area (Å²) >= 11 is 0. The van der Waals surface area contributed by atoms with E-state index in [1.54, 1.807) is 6.20 Å². The number of aryl methyl sites for hydroxylation is 2. The number of rotatable bonds is 3. The standard InChI is InChI=1S/C17H18N4/c1-12(14-6-4-8-19-11-14)20-17-15(10-18)9-13-5-2-3-7-16(13)21-17/h4,6,8-9,11-12H,2-3,5,7H2,1H3,(H,20,21). The van der Waals surface area contributed by atoms with Gasteiger partial charge in [0, 0.05) is 18.1 Å². The lowest BCUT2D eigenvalue weighted by atomic mass is 9.95. The van der Waals surface area contributed by atoms with E-state index < -0.39 is 0 Å². The predicted octanol–water partition coefficient (Wildman–Crippen LogP) is 3.40. The van der Waals surface area contributed by atoms with E-state index in [9.17, 15) is 5.26 Å². The van der Waals surface area contributed by atoms with E-state index in [-0.39, 0.29) is 6.04 Å². The van der Waals surface area contributed by atoms with Crippen molar-refractivity contribution < 1.29 is 0 Å². The molecule has 1 aliphatic carbocycles. The Morgan fingerprint density at radius 3 is 2.95 bits per heavy atom. The van der Waals surface area contributed by atoms with Crippen molar-refractivity contribution in [2.24, 2.45) is 0 Å². The third-order valence-corrected chi connectivity index (χ3v) is 3.96. The van der Waals surface area contributed by atoms with Crippen LogP contribution in [0, 0.1) is 11.3 Å². The first-order valence-electron chi connectivity index (χ1n) is 7.37. The number of nitrogens with zero attached hydrogens (tertiary/aromatic N) is 3. The minimum absolute atomic E-state index is 0.0694. The van der Waals surface area contributed by atoms with Gasteiger partial charge in [0.2, 0.25) is 0 Å². The first kappa shape index (κ1) is 13.6. The zero-order valence-electron chi connectivity index (χ0n) is 12.1. The van der Waals surface area contributed by atoms with Crippen LogP contribution in [0.5, 0.6) is 0 Å². The highest BCUT2D eigenvalue weighted by atomic mass is 15.0. The molecule has 2 aromatic heterocycles. The van der Waals surface area contributed by atoms with Gasteiger partial charge in [-0.25, -0.2) is 4.98 Å². The van der Waals surface area contributed by atoms with Crippen LogP contribution in [-0.2, 0) is 12.8 Å². The molecule has 0 radical (unpaired) electrons. The van der Waals surface area contributed by atoms with Crippen molar-refractivity contribution >= 4 is 5.82 Å². The lowest BCUT2D eigenvalue weighted by Gasteiger charge is -2.20. The lowest BCUT2D eigenvalue weighted by molar-refractivity contribution is 0.667. The van der Waals surface area contributed by atoms with Crippen LogP contribution in [0.4, 0.5) is 5.82 Å². The first-order chi connectivity index (χ1) is 10.3. The fourth-order valence-electron chi connectivity index (χ4n) is 2.75. The van der Waals surface area contributed by atoms with Crippen molar-refractivity contribution in [1.29, 1.82) is 5.26 Å². The topological polar surface area (TPSA) is 61.6 Å². The number of hydrogen-bond acceptors (Lipinski definition) is 4. The molecule has 0 aliphatic heterocycles. The molecule has 1 unspecified atom stereocenters. The number of aromatic nitrogens is 2. The summed E-state index contributed by atoms with van der Waals surface area (Å²) in [5.74, 6) is 0.689. The summed E-state index contributed by atoms with van der Waals surface area (Å²) in [4.78, 5) is 8.83. The molecule has 4 nitrogen and oxygen atoms in total. The maximum Gasteiger partial charge on any atom is 0.144 e. The Bertz CT molecular complexity index is 673. The molecule has 0 spiro atoms. The van der Waals surface area contributed by atoms with E-state index in [0.717, 1.165) is 24.1 Å². The Labute approximate surface area is 124 Å². The molecule has 21 heavy (non-hydrogen) atoms. The van der Waals surface area contributed by atoms with Crippen molar-refractivity contribution in [2.75, 3.05) is 5.32 Å². The number of hydrogen-bond donors (Lipinski definition) is 1. The first-order valence-corrected chi connectivity index (χ1v) is 7.37. The highest BCUT2D eigenvalue weighted by Gasteiger charge is 2.16. The molecule has 3 rings (SSSR count). The van der Waals surface area contributed by atoms with Crippen LogP contribution in [0.15, 0.2) is 30.6 Å². The Morgan fingerprint density at radius 2 is 2.19 bits per heavy atom. The van der Waals surface area contributed by atoms with Crippen molar-refractivity contribution in [1.82, 2.24) is 9.97 Å². The molecule has 2 aromatic rings. The SMILES string of the molecule is CC(Nc1nc2c(cc1C#N)CCCC2)c1cccnc1. The van der Waals surface area contributed by atoms with Gasteiger partial charge in [0.1, 0.15) is 11.9 Å². The van der Waals surface area contributed by atoms with Gasteiger partial charge in [0.05, 0.1) is 11.6 Å². The highest BCUT2D eigenvalue weighted by molar-refractivity contribution is 5.55. The fraction of sp³-hybridized carbons (Fsp3) is 0.353. The molecular weight excluding hydrogens is 260 g/mol. The largest absolute Gasteiger partial charge is 0.362 e. The quantitative estimate of drug-likeness (QED) is 0.934. The molecule has 0 fully saturated rings. The van der Waals surface area contributed by atoms with Crippen LogP contribution < -0.4 is 5.32 Å². The minimum atomic E-state index is 0.0694. The van der Waals surface area contributed by atoms with Crippen molar-refractivity contribution in [3.63, 3.8) is 0 Å². The molecule has 1 N–H and O–H groups in total. The van der Waals surface area contributed by atoms with Gasteiger partial charge >= 0.3 is 0 Å². The summed E-state index contributed by atoms with van der Waals surface area (Å²) in [6.45, 7) is 2.05. The van der Waals surface area contributed by atoms with Crippen LogP contribution >= 0.6 is 0 Å². The number of nitriles is 1. The monoisotopic (exact) mass is 278 g/mol. The molecular formula is C17H18N4. The molecule has 0 saturated carbocycles. The number of nitrogens with one attached hydrogen (secondary N) is 1. The average molecular weight is 278 g/mol. The van der Waals surface area contributed by atoms with E-state index in [2.05, 4.69) is 23.3 Å². The molecule has 1 atom stereocenters. The second-order valence-corrected chi connectivity index (χ2v) is 5.46. The van der Waals surface area contributed by atoms with Crippen LogP contribution in [0.1, 0.15) is 48.2 Å². The Hall–Kier alpha value is -2.41. The summed E-state index contributed by atoms with van der Waals surface area (Å²) in [6.07, 6.45) is 8.02. The molecule has 0 aromatic carbocycles. The summed E-state index contributed by atoms with van der Waals surface area (Å²) in [7, 11) is 0. The summed E-state index contributed by atoms with van der Waals surface area (Å²) in [5.41, 5.74) is 4.09. The second-order valence-electron chi connectivity index (χ2n) is 5.46. The van der Waals surface area contributed by atoms with Gasteiger partial charge in [0.25, 0.3) is 0 Å². The third-order valence-electron chi connectivity index (χ3n) is 3.96. The number of pyridine rings is 2. The minimum Gasteiger partial charge on any atom is -0.362 e. The second kappa shape index (κ2) is 5.92. The average Bonchev–Trinajstić information content (AvgIpc) is 2.55. The van der Waals surface area contributed by atoms with E-state index in [1.165, 1.54) is 18.4 Å².